The van der Waals surface area contributed by atoms with Crippen molar-refractivity contribution in [3.05, 3.63) is 35.0 Å². The Labute approximate surface area is 101 Å². The van der Waals surface area contributed by atoms with Crippen LogP contribution >= 0.6 is 0 Å². The molecule has 17 heavy (non-hydrogen) atoms. The number of fused-ring (bicyclic) bond motifs is 1. The largest absolute Gasteiger partial charge is 0.369 e. The maximum absolute atomic E-state index is 5.84. The van der Waals surface area contributed by atoms with E-state index in [1.54, 1.807) is 0 Å². The molecule has 0 spiro atoms. The molecule has 1 aliphatic carbocycles. The highest BCUT2D eigenvalue weighted by Crippen LogP contribution is 2.30. The molecule has 1 aliphatic rings. The van der Waals surface area contributed by atoms with Crippen molar-refractivity contribution in [1.29, 1.82) is 0 Å². The molecule has 0 atom stereocenters. The van der Waals surface area contributed by atoms with E-state index in [1.165, 1.54) is 36.0 Å². The van der Waals surface area contributed by atoms with Crippen LogP contribution in [-0.4, -0.2) is 9.55 Å². The number of rotatable bonds is 1. The van der Waals surface area contributed by atoms with E-state index in [2.05, 4.69) is 23.2 Å². The monoisotopic (exact) mass is 227 g/mol. The standard InChI is InChI=1S/C14H17N3/c1-9-13(17(2)14(15)16-9)12-7-6-10-4-3-5-11(10)8-12/h6-8H,3-5H2,1-2H3,(H2,15,16). The van der Waals surface area contributed by atoms with Crippen LogP contribution in [0.15, 0.2) is 18.2 Å². The highest BCUT2D eigenvalue weighted by atomic mass is 15.1. The van der Waals surface area contributed by atoms with Gasteiger partial charge in [0, 0.05) is 12.6 Å². The second kappa shape index (κ2) is 3.62. The molecule has 0 bridgehead atoms. The van der Waals surface area contributed by atoms with Gasteiger partial charge in [-0.3, -0.25) is 0 Å². The van der Waals surface area contributed by atoms with Crippen LogP contribution in [0.5, 0.6) is 0 Å². The number of nitrogens with zero attached hydrogens (tertiary/aromatic N) is 2. The van der Waals surface area contributed by atoms with Crippen molar-refractivity contribution in [3.8, 4) is 11.3 Å². The van der Waals surface area contributed by atoms with Crippen LogP contribution in [0.1, 0.15) is 23.2 Å². The zero-order chi connectivity index (χ0) is 12.0. The number of imidazole rings is 1. The maximum Gasteiger partial charge on any atom is 0.200 e. The number of anilines is 1. The molecule has 2 N–H and O–H groups in total. The Morgan fingerprint density at radius 2 is 2.00 bits per heavy atom. The van der Waals surface area contributed by atoms with E-state index < -0.39 is 0 Å². The van der Waals surface area contributed by atoms with Gasteiger partial charge in [0.2, 0.25) is 5.95 Å². The molecule has 88 valence electrons. The summed E-state index contributed by atoms with van der Waals surface area (Å²) in [4.78, 5) is 4.32. The van der Waals surface area contributed by atoms with E-state index in [0.29, 0.717) is 5.95 Å². The van der Waals surface area contributed by atoms with E-state index in [-0.39, 0.29) is 0 Å². The van der Waals surface area contributed by atoms with Gasteiger partial charge in [-0.15, -0.1) is 0 Å². The first-order valence-electron chi connectivity index (χ1n) is 6.08. The predicted molar refractivity (Wildman–Crippen MR) is 69.8 cm³/mol. The quantitative estimate of drug-likeness (QED) is 0.813. The molecule has 3 heteroatoms. The molecule has 0 saturated heterocycles. The molecule has 0 fully saturated rings. The normalized spacial score (nSPS) is 14.0. The van der Waals surface area contributed by atoms with Gasteiger partial charge in [0.15, 0.2) is 0 Å². The predicted octanol–water partition coefficient (Wildman–Crippen LogP) is 2.47. The Hall–Kier alpha value is -1.77. The first-order chi connectivity index (χ1) is 8.16. The van der Waals surface area contributed by atoms with Crippen LogP contribution in [0.4, 0.5) is 5.95 Å². The Bertz CT molecular complexity index is 581. The number of benzene rings is 1. The summed E-state index contributed by atoms with van der Waals surface area (Å²) in [6.07, 6.45) is 3.71. The van der Waals surface area contributed by atoms with Crippen molar-refractivity contribution in [2.24, 2.45) is 7.05 Å². The molecule has 0 unspecified atom stereocenters. The van der Waals surface area contributed by atoms with Gasteiger partial charge in [-0.1, -0.05) is 12.1 Å². The Kier molecular flexibility index (Phi) is 2.21. The van der Waals surface area contributed by atoms with Crippen molar-refractivity contribution in [1.82, 2.24) is 9.55 Å². The first kappa shape index (κ1) is 10.4. The van der Waals surface area contributed by atoms with Gasteiger partial charge in [-0.2, -0.15) is 0 Å². The summed E-state index contributed by atoms with van der Waals surface area (Å²) in [6.45, 7) is 2.01. The summed E-state index contributed by atoms with van der Waals surface area (Å²) in [5, 5.41) is 0. The van der Waals surface area contributed by atoms with Crippen LogP contribution in [0.25, 0.3) is 11.3 Å². The maximum atomic E-state index is 5.84. The molecular formula is C14H17N3. The van der Waals surface area contributed by atoms with Crippen molar-refractivity contribution in [2.45, 2.75) is 26.2 Å². The fourth-order valence-electron chi connectivity index (χ4n) is 2.78. The molecule has 0 aliphatic heterocycles. The van der Waals surface area contributed by atoms with E-state index in [9.17, 15) is 0 Å². The van der Waals surface area contributed by atoms with Gasteiger partial charge in [0.05, 0.1) is 11.4 Å². The van der Waals surface area contributed by atoms with Gasteiger partial charge in [0.1, 0.15) is 0 Å². The summed E-state index contributed by atoms with van der Waals surface area (Å²) in [6, 6.07) is 6.74. The SMILES string of the molecule is Cc1nc(N)n(C)c1-c1ccc2c(c1)CCC2. The van der Waals surface area contributed by atoms with E-state index in [0.717, 1.165) is 11.4 Å². The molecule has 1 aromatic heterocycles. The minimum absolute atomic E-state index is 0.581. The van der Waals surface area contributed by atoms with Crippen molar-refractivity contribution < 1.29 is 0 Å². The van der Waals surface area contributed by atoms with Crippen molar-refractivity contribution in [3.63, 3.8) is 0 Å². The fraction of sp³-hybridized carbons (Fsp3) is 0.357. The average Bonchev–Trinajstić information content (AvgIpc) is 2.84. The Morgan fingerprint density at radius 3 is 2.71 bits per heavy atom. The summed E-state index contributed by atoms with van der Waals surface area (Å²) < 4.78 is 1.96. The molecule has 0 radical (unpaired) electrons. The minimum atomic E-state index is 0.581. The third-order valence-corrected chi connectivity index (χ3v) is 3.68. The van der Waals surface area contributed by atoms with E-state index in [1.807, 2.05) is 18.5 Å². The third-order valence-electron chi connectivity index (χ3n) is 3.68. The highest BCUT2D eigenvalue weighted by molar-refractivity contribution is 5.66. The van der Waals surface area contributed by atoms with Gasteiger partial charge in [0.25, 0.3) is 0 Å². The average molecular weight is 227 g/mol. The Balaban J connectivity index is 2.15. The van der Waals surface area contributed by atoms with Gasteiger partial charge in [-0.05, 0) is 43.4 Å². The number of hydrogen-bond acceptors (Lipinski definition) is 2. The van der Waals surface area contributed by atoms with Gasteiger partial charge in [-0.25, -0.2) is 4.98 Å². The number of hydrogen-bond donors (Lipinski definition) is 1. The minimum Gasteiger partial charge on any atom is -0.369 e. The highest BCUT2D eigenvalue weighted by Gasteiger charge is 2.15. The molecule has 1 heterocycles. The summed E-state index contributed by atoms with van der Waals surface area (Å²) in [5.41, 5.74) is 12.2. The van der Waals surface area contributed by atoms with E-state index >= 15 is 0 Å². The van der Waals surface area contributed by atoms with Crippen molar-refractivity contribution in [2.75, 3.05) is 5.73 Å². The molecular weight excluding hydrogens is 210 g/mol. The zero-order valence-electron chi connectivity index (χ0n) is 10.3. The lowest BCUT2D eigenvalue weighted by Gasteiger charge is -2.07. The van der Waals surface area contributed by atoms with Crippen molar-refractivity contribution >= 4 is 5.95 Å². The first-order valence-corrected chi connectivity index (χ1v) is 6.08. The second-order valence-electron chi connectivity index (χ2n) is 4.80. The molecule has 2 aromatic rings. The number of nitrogens with two attached hydrogens (primary N) is 1. The number of aryl methyl sites for hydroxylation is 3. The lowest BCUT2D eigenvalue weighted by molar-refractivity contribution is 0.911. The lowest BCUT2D eigenvalue weighted by Crippen LogP contribution is -1.99. The Morgan fingerprint density at radius 1 is 1.24 bits per heavy atom. The van der Waals surface area contributed by atoms with Crippen LogP contribution in [-0.2, 0) is 19.9 Å². The fourth-order valence-corrected chi connectivity index (χ4v) is 2.78. The topological polar surface area (TPSA) is 43.8 Å². The smallest absolute Gasteiger partial charge is 0.200 e. The lowest BCUT2D eigenvalue weighted by atomic mass is 10.0. The van der Waals surface area contributed by atoms with Crippen LogP contribution in [0.2, 0.25) is 0 Å². The molecule has 0 amide bonds. The molecule has 3 rings (SSSR count). The summed E-state index contributed by atoms with van der Waals surface area (Å²) >= 11 is 0. The van der Waals surface area contributed by atoms with E-state index in [4.69, 9.17) is 5.73 Å². The zero-order valence-corrected chi connectivity index (χ0v) is 10.3. The number of aromatic nitrogens is 2. The van der Waals surface area contributed by atoms with Crippen LogP contribution < -0.4 is 5.73 Å². The van der Waals surface area contributed by atoms with Crippen LogP contribution in [0.3, 0.4) is 0 Å². The second-order valence-corrected chi connectivity index (χ2v) is 4.80. The molecule has 1 aromatic carbocycles. The van der Waals surface area contributed by atoms with Gasteiger partial charge < -0.3 is 10.3 Å². The summed E-state index contributed by atoms with van der Waals surface area (Å²) in [5.74, 6) is 0.581. The molecule has 0 saturated carbocycles. The van der Waals surface area contributed by atoms with Crippen LogP contribution in [0, 0.1) is 6.92 Å². The summed E-state index contributed by atoms with van der Waals surface area (Å²) in [7, 11) is 1.97. The third kappa shape index (κ3) is 1.54. The van der Waals surface area contributed by atoms with Gasteiger partial charge >= 0.3 is 0 Å². The molecule has 3 nitrogen and oxygen atoms in total. The number of nitrogen functional groups attached to an aromatic ring is 1.